The highest BCUT2D eigenvalue weighted by Gasteiger charge is 2.34. The van der Waals surface area contributed by atoms with Crippen molar-refractivity contribution >= 4 is 0 Å². The van der Waals surface area contributed by atoms with Crippen LogP contribution in [0.2, 0.25) is 0 Å². The summed E-state index contributed by atoms with van der Waals surface area (Å²) in [6.45, 7) is 1.85. The third-order valence-electron chi connectivity index (χ3n) is 4.73. The van der Waals surface area contributed by atoms with E-state index in [-0.39, 0.29) is 5.54 Å². The van der Waals surface area contributed by atoms with E-state index in [1.54, 1.807) is 0 Å². The third-order valence-corrected chi connectivity index (χ3v) is 4.73. The molecule has 124 valence electrons. The predicted molar refractivity (Wildman–Crippen MR) is 92.3 cm³/mol. The van der Waals surface area contributed by atoms with Crippen molar-refractivity contribution in [3.05, 3.63) is 71.3 Å². The topological polar surface area (TPSA) is 65.3 Å². The minimum Gasteiger partial charge on any atom is -0.387 e. The van der Waals surface area contributed by atoms with E-state index in [1.165, 1.54) is 0 Å². The maximum atomic E-state index is 10.5. The van der Waals surface area contributed by atoms with Crippen molar-refractivity contribution in [1.29, 1.82) is 5.26 Å². The summed E-state index contributed by atoms with van der Waals surface area (Å²) in [6.07, 6.45) is 1.14. The highest BCUT2D eigenvalue weighted by molar-refractivity contribution is 5.35. The first-order valence-corrected chi connectivity index (χ1v) is 8.30. The Hall–Kier alpha value is -2.19. The molecular weight excluding hydrogens is 300 g/mol. The number of hydrogen-bond acceptors (Lipinski definition) is 4. The zero-order valence-corrected chi connectivity index (χ0v) is 13.6. The molecule has 0 bridgehead atoms. The lowest BCUT2D eigenvalue weighted by Gasteiger charge is -2.39. The van der Waals surface area contributed by atoms with E-state index in [4.69, 9.17) is 10.00 Å². The van der Waals surface area contributed by atoms with Crippen LogP contribution in [-0.4, -0.2) is 24.9 Å². The SMILES string of the molecule is N#Cc1ccc(C2(NC[C@H](O)c3ccccc3)CCOCC2)cc1. The quantitative estimate of drug-likeness (QED) is 0.888. The smallest absolute Gasteiger partial charge is 0.0991 e. The summed E-state index contributed by atoms with van der Waals surface area (Å²) >= 11 is 0. The number of nitriles is 1. The minimum atomic E-state index is -0.552. The number of rotatable bonds is 5. The van der Waals surface area contributed by atoms with Crippen LogP contribution in [0.5, 0.6) is 0 Å². The van der Waals surface area contributed by atoms with Crippen LogP contribution < -0.4 is 5.32 Å². The van der Waals surface area contributed by atoms with Gasteiger partial charge in [0.15, 0.2) is 0 Å². The molecule has 4 heteroatoms. The molecule has 0 amide bonds. The molecule has 24 heavy (non-hydrogen) atoms. The van der Waals surface area contributed by atoms with Gasteiger partial charge in [-0.25, -0.2) is 0 Å². The normalized spacial score (nSPS) is 17.8. The number of ether oxygens (including phenoxy) is 1. The molecule has 0 saturated carbocycles. The monoisotopic (exact) mass is 322 g/mol. The molecule has 1 fully saturated rings. The summed E-state index contributed by atoms with van der Waals surface area (Å²) < 4.78 is 5.53. The Balaban J connectivity index is 1.77. The first-order valence-electron chi connectivity index (χ1n) is 8.30. The zero-order valence-electron chi connectivity index (χ0n) is 13.6. The summed E-state index contributed by atoms with van der Waals surface area (Å²) in [7, 11) is 0. The summed E-state index contributed by atoms with van der Waals surface area (Å²) in [4.78, 5) is 0. The van der Waals surface area contributed by atoms with Crippen molar-refractivity contribution in [1.82, 2.24) is 5.32 Å². The molecule has 1 heterocycles. The van der Waals surface area contributed by atoms with Gasteiger partial charge in [0, 0.05) is 25.3 Å². The highest BCUT2D eigenvalue weighted by Crippen LogP contribution is 2.33. The van der Waals surface area contributed by atoms with Crippen molar-refractivity contribution in [2.75, 3.05) is 19.8 Å². The van der Waals surface area contributed by atoms with Crippen molar-refractivity contribution in [3.8, 4) is 6.07 Å². The number of benzene rings is 2. The fraction of sp³-hybridized carbons (Fsp3) is 0.350. The van der Waals surface area contributed by atoms with Crippen LogP contribution in [-0.2, 0) is 10.3 Å². The van der Waals surface area contributed by atoms with Crippen molar-refractivity contribution in [3.63, 3.8) is 0 Å². The minimum absolute atomic E-state index is 0.220. The van der Waals surface area contributed by atoms with Crippen LogP contribution in [0.15, 0.2) is 54.6 Å². The van der Waals surface area contributed by atoms with Gasteiger partial charge < -0.3 is 15.2 Å². The average Bonchev–Trinajstić information content (AvgIpc) is 2.67. The van der Waals surface area contributed by atoms with Crippen LogP contribution in [0, 0.1) is 11.3 Å². The lowest BCUT2D eigenvalue weighted by molar-refractivity contribution is 0.0299. The largest absolute Gasteiger partial charge is 0.387 e. The number of nitrogens with one attached hydrogen (secondary N) is 1. The molecule has 1 aliphatic heterocycles. The van der Waals surface area contributed by atoms with Crippen LogP contribution in [0.4, 0.5) is 0 Å². The Morgan fingerprint density at radius 1 is 1.08 bits per heavy atom. The summed E-state index contributed by atoms with van der Waals surface area (Å²) in [5.74, 6) is 0. The van der Waals surface area contributed by atoms with Crippen LogP contribution in [0.1, 0.15) is 35.6 Å². The lowest BCUT2D eigenvalue weighted by atomic mass is 9.82. The van der Waals surface area contributed by atoms with E-state index in [9.17, 15) is 5.11 Å². The molecule has 2 aromatic carbocycles. The van der Waals surface area contributed by atoms with Gasteiger partial charge in [-0.1, -0.05) is 42.5 Å². The molecule has 1 atom stereocenters. The van der Waals surface area contributed by atoms with Gasteiger partial charge in [-0.05, 0) is 36.1 Å². The van der Waals surface area contributed by atoms with Crippen molar-refractivity contribution < 1.29 is 9.84 Å². The molecule has 1 aliphatic rings. The standard InChI is InChI=1S/C20H22N2O2/c21-14-16-6-8-18(9-7-16)20(10-12-24-13-11-20)22-15-19(23)17-4-2-1-3-5-17/h1-9,19,22-23H,10-13,15H2/t19-/m0/s1. The Bertz CT molecular complexity index is 686. The molecular formula is C20H22N2O2. The van der Waals surface area contributed by atoms with Gasteiger partial charge in [-0.15, -0.1) is 0 Å². The van der Waals surface area contributed by atoms with Gasteiger partial charge in [0.2, 0.25) is 0 Å². The molecule has 2 aromatic rings. The maximum Gasteiger partial charge on any atom is 0.0991 e. The predicted octanol–water partition coefficient (Wildman–Crippen LogP) is 2.89. The van der Waals surface area contributed by atoms with Gasteiger partial charge in [0.25, 0.3) is 0 Å². The molecule has 0 aliphatic carbocycles. The second-order valence-corrected chi connectivity index (χ2v) is 6.19. The zero-order chi connectivity index (χ0) is 16.8. The molecule has 2 N–H and O–H groups in total. The summed E-state index contributed by atoms with van der Waals surface area (Å²) in [5.41, 5.74) is 2.49. The molecule has 4 nitrogen and oxygen atoms in total. The van der Waals surface area contributed by atoms with Crippen molar-refractivity contribution in [2.24, 2.45) is 0 Å². The van der Waals surface area contributed by atoms with E-state index in [0.29, 0.717) is 25.3 Å². The Kier molecular flexibility index (Phi) is 5.27. The Morgan fingerprint density at radius 3 is 2.38 bits per heavy atom. The Labute approximate surface area is 142 Å². The summed E-state index contributed by atoms with van der Waals surface area (Å²) in [5, 5.41) is 23.0. The van der Waals surface area contributed by atoms with Gasteiger partial charge in [-0.2, -0.15) is 5.26 Å². The van der Waals surface area contributed by atoms with E-state index >= 15 is 0 Å². The van der Waals surface area contributed by atoms with E-state index in [1.807, 2.05) is 54.6 Å². The number of aliphatic hydroxyl groups is 1. The highest BCUT2D eigenvalue weighted by atomic mass is 16.5. The molecule has 0 spiro atoms. The van der Waals surface area contributed by atoms with E-state index < -0.39 is 6.10 Å². The number of hydrogen-bond donors (Lipinski definition) is 2. The lowest BCUT2D eigenvalue weighted by Crippen LogP contribution is -2.48. The Morgan fingerprint density at radius 2 is 1.75 bits per heavy atom. The third kappa shape index (κ3) is 3.65. The van der Waals surface area contributed by atoms with E-state index in [0.717, 1.165) is 24.0 Å². The first kappa shape index (κ1) is 16.7. The fourth-order valence-corrected chi connectivity index (χ4v) is 3.24. The second kappa shape index (κ2) is 7.59. The summed E-state index contributed by atoms with van der Waals surface area (Å²) in [6, 6.07) is 19.5. The van der Waals surface area contributed by atoms with Crippen LogP contribution in [0.3, 0.4) is 0 Å². The average molecular weight is 322 g/mol. The first-order chi connectivity index (χ1) is 11.7. The molecule has 3 rings (SSSR count). The molecule has 0 aromatic heterocycles. The van der Waals surface area contributed by atoms with Gasteiger partial charge in [0.1, 0.15) is 0 Å². The van der Waals surface area contributed by atoms with Gasteiger partial charge in [0.05, 0.1) is 17.7 Å². The molecule has 0 unspecified atom stereocenters. The van der Waals surface area contributed by atoms with Crippen molar-refractivity contribution in [2.45, 2.75) is 24.5 Å². The number of aliphatic hydroxyl groups excluding tert-OH is 1. The van der Waals surface area contributed by atoms with Crippen LogP contribution in [0.25, 0.3) is 0 Å². The maximum absolute atomic E-state index is 10.5. The fourth-order valence-electron chi connectivity index (χ4n) is 3.24. The molecule has 0 radical (unpaired) electrons. The molecule has 1 saturated heterocycles. The van der Waals surface area contributed by atoms with Crippen LogP contribution >= 0.6 is 0 Å². The second-order valence-electron chi connectivity index (χ2n) is 6.19. The van der Waals surface area contributed by atoms with E-state index in [2.05, 4.69) is 11.4 Å². The van der Waals surface area contributed by atoms with Gasteiger partial charge >= 0.3 is 0 Å². The van der Waals surface area contributed by atoms with Gasteiger partial charge in [-0.3, -0.25) is 0 Å². The number of nitrogens with zero attached hydrogens (tertiary/aromatic N) is 1.